The maximum absolute atomic E-state index is 12.9. The number of nitrogens with one attached hydrogen (secondary N) is 1. The largest absolute Gasteiger partial charge is 0.417 e. The third-order valence-corrected chi connectivity index (χ3v) is 5.34. The van der Waals surface area contributed by atoms with E-state index in [2.05, 4.69) is 5.32 Å². The molecule has 3 rings (SSSR count). The van der Waals surface area contributed by atoms with Crippen LogP contribution in [0.1, 0.15) is 39.1 Å². The Hall–Kier alpha value is -3.40. The highest BCUT2D eigenvalue weighted by Gasteiger charge is 2.35. The fourth-order valence-corrected chi connectivity index (χ4v) is 3.57. The molecule has 0 radical (unpaired) electrons. The molecule has 1 N–H and O–H groups in total. The predicted molar refractivity (Wildman–Crippen MR) is 114 cm³/mol. The van der Waals surface area contributed by atoms with E-state index in [1.807, 2.05) is 0 Å². The average molecular weight is 482 g/mol. The zero-order valence-corrected chi connectivity index (χ0v) is 18.2. The van der Waals surface area contributed by atoms with E-state index < -0.39 is 46.9 Å². The Morgan fingerprint density at radius 3 is 2.24 bits per heavy atom. The second kappa shape index (κ2) is 9.62. The van der Waals surface area contributed by atoms with Gasteiger partial charge >= 0.3 is 6.18 Å². The van der Waals surface area contributed by atoms with Crippen molar-refractivity contribution in [2.45, 2.75) is 19.0 Å². The molecule has 0 aliphatic carbocycles. The van der Waals surface area contributed by atoms with Crippen molar-refractivity contribution in [3.05, 3.63) is 64.2 Å². The third kappa shape index (κ3) is 5.51. The number of alkyl halides is 3. The molecule has 1 aliphatic heterocycles. The molecule has 0 bridgehead atoms. The highest BCUT2D eigenvalue weighted by molar-refractivity contribution is 6.31. The zero-order chi connectivity index (χ0) is 24.3. The molecule has 2 aromatic rings. The smallest absolute Gasteiger partial charge is 0.336 e. The second-order valence-electron chi connectivity index (χ2n) is 7.40. The summed E-state index contributed by atoms with van der Waals surface area (Å²) in [5.41, 5.74) is -0.556. The number of carbonyl (C=O) groups is 4. The molecule has 0 saturated heterocycles. The summed E-state index contributed by atoms with van der Waals surface area (Å²) in [7, 11) is 1.37. The monoisotopic (exact) mass is 481 g/mol. The summed E-state index contributed by atoms with van der Waals surface area (Å²) in [6, 6.07) is 9.39. The lowest BCUT2D eigenvalue weighted by Crippen LogP contribution is -2.36. The number of fused-ring (bicyclic) bond motifs is 1. The minimum absolute atomic E-state index is 0.0314. The van der Waals surface area contributed by atoms with Crippen LogP contribution < -0.4 is 5.32 Å². The van der Waals surface area contributed by atoms with E-state index in [0.29, 0.717) is 17.2 Å². The van der Waals surface area contributed by atoms with Gasteiger partial charge in [-0.25, -0.2) is 0 Å². The SMILES string of the molecule is CN(CC(=O)Nc1ccc(Cl)c(C(F)(F)F)c1)C(=O)CCCN1C(=O)c2ccccc2C1=O. The van der Waals surface area contributed by atoms with Crippen molar-refractivity contribution in [2.75, 3.05) is 25.5 Å². The van der Waals surface area contributed by atoms with Crippen LogP contribution in [0.3, 0.4) is 0 Å². The quantitative estimate of drug-likeness (QED) is 0.609. The topological polar surface area (TPSA) is 86.8 Å². The van der Waals surface area contributed by atoms with Crippen molar-refractivity contribution in [3.63, 3.8) is 0 Å². The molecule has 0 atom stereocenters. The fourth-order valence-electron chi connectivity index (χ4n) is 3.35. The minimum atomic E-state index is -4.68. The van der Waals surface area contributed by atoms with E-state index in [1.54, 1.807) is 24.3 Å². The Bertz CT molecular complexity index is 1090. The number of anilines is 1. The first-order valence-electron chi connectivity index (χ1n) is 9.85. The van der Waals surface area contributed by atoms with Crippen LogP contribution in [0.5, 0.6) is 0 Å². The first-order valence-corrected chi connectivity index (χ1v) is 10.2. The number of hydrogen-bond donors (Lipinski definition) is 1. The van der Waals surface area contributed by atoms with Gasteiger partial charge in [-0.15, -0.1) is 0 Å². The molecule has 7 nitrogen and oxygen atoms in total. The van der Waals surface area contributed by atoms with Gasteiger partial charge in [0.1, 0.15) is 0 Å². The van der Waals surface area contributed by atoms with E-state index in [9.17, 15) is 32.3 Å². The van der Waals surface area contributed by atoms with Crippen LogP contribution in [0, 0.1) is 0 Å². The first kappa shape index (κ1) is 24.2. The number of imide groups is 1. The van der Waals surface area contributed by atoms with Gasteiger partial charge in [-0.2, -0.15) is 13.2 Å². The van der Waals surface area contributed by atoms with Gasteiger partial charge in [-0.1, -0.05) is 23.7 Å². The molecular formula is C22H19ClF3N3O4. The molecule has 1 aliphatic rings. The van der Waals surface area contributed by atoms with Gasteiger partial charge in [0.05, 0.1) is 28.3 Å². The van der Waals surface area contributed by atoms with Crippen molar-refractivity contribution in [1.82, 2.24) is 9.80 Å². The number of carbonyl (C=O) groups excluding carboxylic acids is 4. The Morgan fingerprint density at radius 1 is 1.06 bits per heavy atom. The summed E-state index contributed by atoms with van der Waals surface area (Å²) in [6.45, 7) is -0.348. The van der Waals surface area contributed by atoms with Gasteiger partial charge in [0.15, 0.2) is 0 Å². The molecule has 0 saturated carbocycles. The van der Waals surface area contributed by atoms with Gasteiger partial charge < -0.3 is 10.2 Å². The van der Waals surface area contributed by atoms with Crippen LogP contribution in [0.15, 0.2) is 42.5 Å². The Labute approximate surface area is 192 Å². The zero-order valence-electron chi connectivity index (χ0n) is 17.4. The molecule has 4 amide bonds. The van der Waals surface area contributed by atoms with Crippen LogP contribution in [0.2, 0.25) is 5.02 Å². The fraction of sp³-hybridized carbons (Fsp3) is 0.273. The van der Waals surface area contributed by atoms with Crippen LogP contribution in [0.4, 0.5) is 18.9 Å². The van der Waals surface area contributed by atoms with Gasteiger partial charge in [-0.05, 0) is 36.8 Å². The van der Waals surface area contributed by atoms with Gasteiger partial charge in [0, 0.05) is 25.7 Å². The number of nitrogens with zero attached hydrogens (tertiary/aromatic N) is 2. The Morgan fingerprint density at radius 2 is 1.67 bits per heavy atom. The van der Waals surface area contributed by atoms with Gasteiger partial charge in [-0.3, -0.25) is 24.1 Å². The third-order valence-electron chi connectivity index (χ3n) is 5.01. The van der Waals surface area contributed by atoms with Gasteiger partial charge in [0.25, 0.3) is 11.8 Å². The maximum atomic E-state index is 12.9. The van der Waals surface area contributed by atoms with Crippen LogP contribution in [-0.2, 0) is 15.8 Å². The number of likely N-dealkylation sites (N-methyl/N-ethyl adjacent to an activating group) is 1. The van der Waals surface area contributed by atoms with Crippen molar-refractivity contribution in [2.24, 2.45) is 0 Å². The summed E-state index contributed by atoms with van der Waals surface area (Å²) in [4.78, 5) is 51.3. The summed E-state index contributed by atoms with van der Waals surface area (Å²) >= 11 is 5.55. The van der Waals surface area contributed by atoms with Crippen LogP contribution in [0.25, 0.3) is 0 Å². The lowest BCUT2D eigenvalue weighted by molar-refractivity contribution is -0.137. The Kier molecular flexibility index (Phi) is 7.06. The normalized spacial score (nSPS) is 13.2. The first-order chi connectivity index (χ1) is 15.5. The Balaban J connectivity index is 1.49. The number of hydrogen-bond acceptors (Lipinski definition) is 4. The molecule has 11 heteroatoms. The highest BCUT2D eigenvalue weighted by Crippen LogP contribution is 2.36. The summed E-state index contributed by atoms with van der Waals surface area (Å²) < 4.78 is 38.8. The van der Waals surface area contributed by atoms with Crippen LogP contribution in [-0.4, -0.2) is 53.6 Å². The van der Waals surface area contributed by atoms with Crippen molar-refractivity contribution < 1.29 is 32.3 Å². The summed E-state index contributed by atoms with van der Waals surface area (Å²) in [5.74, 6) is -1.95. The number of halogens is 4. The minimum Gasteiger partial charge on any atom is -0.336 e. The molecule has 0 fully saturated rings. The summed E-state index contributed by atoms with van der Waals surface area (Å²) in [6.07, 6.45) is -4.51. The van der Waals surface area contributed by atoms with E-state index in [1.165, 1.54) is 13.1 Å². The summed E-state index contributed by atoms with van der Waals surface area (Å²) in [5, 5.41) is 1.81. The van der Waals surface area contributed by atoms with Crippen molar-refractivity contribution in [1.29, 1.82) is 0 Å². The number of rotatable bonds is 7. The lowest BCUT2D eigenvalue weighted by Gasteiger charge is -2.18. The highest BCUT2D eigenvalue weighted by atomic mass is 35.5. The second-order valence-corrected chi connectivity index (χ2v) is 7.81. The van der Waals surface area contributed by atoms with Gasteiger partial charge in [0.2, 0.25) is 11.8 Å². The van der Waals surface area contributed by atoms with E-state index in [0.717, 1.165) is 15.9 Å². The number of benzene rings is 2. The molecule has 2 aromatic carbocycles. The molecular weight excluding hydrogens is 463 g/mol. The molecule has 33 heavy (non-hydrogen) atoms. The van der Waals surface area contributed by atoms with Crippen molar-refractivity contribution >= 4 is 40.9 Å². The van der Waals surface area contributed by atoms with Crippen molar-refractivity contribution in [3.8, 4) is 0 Å². The van der Waals surface area contributed by atoms with Crippen LogP contribution >= 0.6 is 11.6 Å². The maximum Gasteiger partial charge on any atom is 0.417 e. The molecule has 0 unspecified atom stereocenters. The predicted octanol–water partition coefficient (Wildman–Crippen LogP) is 3.83. The molecule has 0 spiro atoms. The van der Waals surface area contributed by atoms with E-state index in [-0.39, 0.29) is 25.1 Å². The van der Waals surface area contributed by atoms with E-state index >= 15 is 0 Å². The number of amides is 4. The molecule has 0 aromatic heterocycles. The lowest BCUT2D eigenvalue weighted by atomic mass is 10.1. The molecule has 174 valence electrons. The average Bonchev–Trinajstić information content (AvgIpc) is 2.99. The standard InChI is InChI=1S/C22H19ClF3N3O4/c1-28(12-18(30)27-13-8-9-17(23)16(11-13)22(24,25)26)19(31)7-4-10-29-20(32)14-5-2-3-6-15(14)21(29)33/h2-3,5-6,8-9,11H,4,7,10,12H2,1H3,(H,27,30). The van der Waals surface area contributed by atoms with E-state index in [4.69, 9.17) is 11.6 Å². The molecule has 1 heterocycles.